The zero-order valence-corrected chi connectivity index (χ0v) is 15.5. The van der Waals surface area contributed by atoms with Crippen LogP contribution in [0.15, 0.2) is 47.4 Å². The second-order valence-electron chi connectivity index (χ2n) is 7.29. The topological polar surface area (TPSA) is 51.1 Å². The van der Waals surface area contributed by atoms with Crippen LogP contribution in [0.4, 0.5) is 18.9 Å². The molecule has 28 heavy (non-hydrogen) atoms. The highest BCUT2D eigenvalue weighted by atomic mass is 19.4. The summed E-state index contributed by atoms with van der Waals surface area (Å²) in [5.74, 6) is 0.375. The molecule has 1 saturated carbocycles. The van der Waals surface area contributed by atoms with E-state index in [9.17, 15) is 22.8 Å². The number of hydrogen-bond donors (Lipinski definition) is 1. The summed E-state index contributed by atoms with van der Waals surface area (Å²) in [6.45, 7) is -0.00542. The molecular weight excluding hydrogens is 369 g/mol. The van der Waals surface area contributed by atoms with Gasteiger partial charge in [-0.2, -0.15) is 13.2 Å². The molecule has 1 fully saturated rings. The Bertz CT molecular complexity index is 884. The third kappa shape index (κ3) is 5.24. The van der Waals surface area contributed by atoms with E-state index in [-0.39, 0.29) is 18.1 Å². The molecular formula is C21H23F3N2O2. The van der Waals surface area contributed by atoms with Gasteiger partial charge in [0.05, 0.1) is 12.1 Å². The lowest BCUT2D eigenvalue weighted by atomic mass is 10.0. The summed E-state index contributed by atoms with van der Waals surface area (Å²) < 4.78 is 39.9. The molecule has 4 nitrogen and oxygen atoms in total. The number of pyridine rings is 1. The standard InChI is InChI=1S/C21H23F3N2O2/c22-21(23,24)17-8-3-7-16(13-17)14-26-12-4-9-18(20(26)28)25-19(27)11-10-15-5-1-2-6-15/h3-4,7-9,12-13,15H,1-2,5-6,10-11,14H2,(H,25,27). The maximum absolute atomic E-state index is 12.9. The fraction of sp³-hybridized carbons (Fsp3) is 0.429. The van der Waals surface area contributed by atoms with Crippen LogP contribution in [0.5, 0.6) is 0 Å². The molecule has 1 N–H and O–H groups in total. The molecule has 1 aromatic heterocycles. The molecule has 1 aromatic carbocycles. The van der Waals surface area contributed by atoms with Gasteiger partial charge in [0.15, 0.2) is 0 Å². The zero-order chi connectivity index (χ0) is 20.1. The van der Waals surface area contributed by atoms with Crippen molar-refractivity contribution in [2.75, 3.05) is 5.32 Å². The first kappa shape index (κ1) is 20.2. The number of halogens is 3. The fourth-order valence-electron chi connectivity index (χ4n) is 3.65. The van der Waals surface area contributed by atoms with Crippen molar-refractivity contribution >= 4 is 11.6 Å². The van der Waals surface area contributed by atoms with Gasteiger partial charge in [0.2, 0.25) is 5.91 Å². The Kier molecular flexibility index (Phi) is 6.21. The van der Waals surface area contributed by atoms with Gasteiger partial charge in [-0.15, -0.1) is 0 Å². The van der Waals surface area contributed by atoms with E-state index in [2.05, 4.69) is 5.32 Å². The van der Waals surface area contributed by atoms with Crippen LogP contribution in [0, 0.1) is 5.92 Å². The van der Waals surface area contributed by atoms with Crippen molar-refractivity contribution in [3.63, 3.8) is 0 Å². The average Bonchev–Trinajstić information content (AvgIpc) is 3.16. The van der Waals surface area contributed by atoms with Gasteiger partial charge in [0, 0.05) is 12.6 Å². The van der Waals surface area contributed by atoms with Crippen LogP contribution in [0.2, 0.25) is 0 Å². The molecule has 150 valence electrons. The fourth-order valence-corrected chi connectivity index (χ4v) is 3.65. The van der Waals surface area contributed by atoms with E-state index in [0.717, 1.165) is 31.4 Å². The van der Waals surface area contributed by atoms with Crippen LogP contribution in [0.25, 0.3) is 0 Å². The molecule has 1 aliphatic rings. The van der Waals surface area contributed by atoms with Gasteiger partial charge >= 0.3 is 6.18 Å². The Morgan fingerprint density at radius 2 is 1.89 bits per heavy atom. The molecule has 1 aliphatic carbocycles. The third-order valence-electron chi connectivity index (χ3n) is 5.16. The molecule has 0 bridgehead atoms. The van der Waals surface area contributed by atoms with Crippen LogP contribution in [0.3, 0.4) is 0 Å². The van der Waals surface area contributed by atoms with Crippen molar-refractivity contribution in [2.45, 2.75) is 51.2 Å². The Morgan fingerprint density at radius 3 is 2.61 bits per heavy atom. The van der Waals surface area contributed by atoms with Gasteiger partial charge in [-0.1, -0.05) is 37.8 Å². The van der Waals surface area contributed by atoms with Gasteiger partial charge in [0.25, 0.3) is 5.56 Å². The van der Waals surface area contributed by atoms with E-state index in [1.807, 2.05) is 0 Å². The number of carbonyl (C=O) groups is 1. The van der Waals surface area contributed by atoms with E-state index >= 15 is 0 Å². The normalized spacial score (nSPS) is 15.0. The SMILES string of the molecule is O=C(CCC1CCCC1)Nc1cccn(Cc2cccc(C(F)(F)F)c2)c1=O. The smallest absolute Gasteiger partial charge is 0.321 e. The maximum atomic E-state index is 12.9. The van der Waals surface area contributed by atoms with Crippen LogP contribution >= 0.6 is 0 Å². The predicted molar refractivity (Wildman–Crippen MR) is 101 cm³/mol. The summed E-state index contributed by atoms with van der Waals surface area (Å²) in [6, 6.07) is 7.99. The van der Waals surface area contributed by atoms with E-state index in [4.69, 9.17) is 0 Å². The Labute approximate surface area is 161 Å². The monoisotopic (exact) mass is 392 g/mol. The van der Waals surface area contributed by atoms with Crippen molar-refractivity contribution < 1.29 is 18.0 Å². The van der Waals surface area contributed by atoms with Gasteiger partial charge in [-0.05, 0) is 42.2 Å². The van der Waals surface area contributed by atoms with Crippen molar-refractivity contribution in [2.24, 2.45) is 5.92 Å². The summed E-state index contributed by atoms with van der Waals surface area (Å²) >= 11 is 0. The van der Waals surface area contributed by atoms with E-state index in [1.165, 1.54) is 41.8 Å². The van der Waals surface area contributed by atoms with Crippen LogP contribution in [-0.2, 0) is 17.5 Å². The number of benzene rings is 1. The highest BCUT2D eigenvalue weighted by molar-refractivity contribution is 5.90. The molecule has 0 spiro atoms. The molecule has 0 radical (unpaired) electrons. The summed E-state index contributed by atoms with van der Waals surface area (Å²) in [6.07, 6.45) is 2.98. The lowest BCUT2D eigenvalue weighted by Crippen LogP contribution is -2.26. The second kappa shape index (κ2) is 8.63. The molecule has 1 amide bonds. The number of amides is 1. The van der Waals surface area contributed by atoms with Crippen LogP contribution in [-0.4, -0.2) is 10.5 Å². The summed E-state index contributed by atoms with van der Waals surface area (Å²) in [4.78, 5) is 24.7. The number of nitrogens with zero attached hydrogens (tertiary/aromatic N) is 1. The van der Waals surface area contributed by atoms with Gasteiger partial charge in [-0.25, -0.2) is 0 Å². The minimum Gasteiger partial charge on any atom is -0.321 e. The number of hydrogen-bond acceptors (Lipinski definition) is 2. The van der Waals surface area contributed by atoms with Gasteiger partial charge < -0.3 is 9.88 Å². The maximum Gasteiger partial charge on any atom is 0.416 e. The van der Waals surface area contributed by atoms with Crippen molar-refractivity contribution in [3.8, 4) is 0 Å². The lowest BCUT2D eigenvalue weighted by Gasteiger charge is -2.12. The third-order valence-corrected chi connectivity index (χ3v) is 5.16. The van der Waals surface area contributed by atoms with E-state index < -0.39 is 17.3 Å². The first-order valence-electron chi connectivity index (χ1n) is 9.48. The largest absolute Gasteiger partial charge is 0.416 e. The number of alkyl halides is 3. The van der Waals surface area contributed by atoms with Gasteiger partial charge in [-0.3, -0.25) is 9.59 Å². The number of carbonyl (C=O) groups excluding carboxylic acids is 1. The highest BCUT2D eigenvalue weighted by Crippen LogP contribution is 2.30. The molecule has 1 heterocycles. The van der Waals surface area contributed by atoms with Crippen LogP contribution < -0.4 is 10.9 Å². The molecule has 7 heteroatoms. The summed E-state index contributed by atoms with van der Waals surface area (Å²) in [7, 11) is 0. The van der Waals surface area contributed by atoms with E-state index in [0.29, 0.717) is 17.9 Å². The summed E-state index contributed by atoms with van der Waals surface area (Å²) in [5.41, 5.74) is -0.684. The molecule has 0 atom stereocenters. The van der Waals surface area contributed by atoms with Gasteiger partial charge in [0.1, 0.15) is 5.69 Å². The van der Waals surface area contributed by atoms with Crippen LogP contribution in [0.1, 0.15) is 49.7 Å². The molecule has 2 aromatic rings. The first-order chi connectivity index (χ1) is 13.3. The minimum absolute atomic E-state index is 0.00542. The lowest BCUT2D eigenvalue weighted by molar-refractivity contribution is -0.137. The Balaban J connectivity index is 1.67. The average molecular weight is 392 g/mol. The van der Waals surface area contributed by atoms with Crippen molar-refractivity contribution in [1.29, 1.82) is 0 Å². The second-order valence-corrected chi connectivity index (χ2v) is 7.29. The molecule has 0 aliphatic heterocycles. The summed E-state index contributed by atoms with van der Waals surface area (Å²) in [5, 5.41) is 2.64. The zero-order valence-electron chi connectivity index (χ0n) is 15.5. The van der Waals surface area contributed by atoms with E-state index in [1.54, 1.807) is 6.07 Å². The number of anilines is 1. The number of rotatable bonds is 6. The van der Waals surface area contributed by atoms with Crippen molar-refractivity contribution in [3.05, 3.63) is 64.1 Å². The Hall–Kier alpha value is -2.57. The molecule has 0 unspecified atom stereocenters. The number of aromatic nitrogens is 1. The quantitative estimate of drug-likeness (QED) is 0.766. The van der Waals surface area contributed by atoms with Crippen molar-refractivity contribution in [1.82, 2.24) is 4.57 Å². The number of nitrogens with one attached hydrogen (secondary N) is 1. The first-order valence-corrected chi connectivity index (χ1v) is 9.48. The molecule has 3 rings (SSSR count). The molecule has 0 saturated heterocycles. The Morgan fingerprint density at radius 1 is 1.14 bits per heavy atom. The predicted octanol–water partition coefficient (Wildman–Crippen LogP) is 4.82. The highest BCUT2D eigenvalue weighted by Gasteiger charge is 2.30. The minimum atomic E-state index is -4.43.